The first-order chi connectivity index (χ1) is 11.5. The van der Waals surface area contributed by atoms with Crippen molar-refractivity contribution in [3.8, 4) is 0 Å². The van der Waals surface area contributed by atoms with E-state index in [1.165, 1.54) is 11.1 Å². The van der Waals surface area contributed by atoms with Gasteiger partial charge in [-0.05, 0) is 35.6 Å². The lowest BCUT2D eigenvalue weighted by Crippen LogP contribution is -2.42. The fourth-order valence-corrected chi connectivity index (χ4v) is 3.62. The summed E-state index contributed by atoms with van der Waals surface area (Å²) in [5.74, 6) is 1.15. The van der Waals surface area contributed by atoms with Gasteiger partial charge in [0.05, 0.1) is 11.6 Å². The number of hydrogen-bond donors (Lipinski definition) is 0. The minimum atomic E-state index is 0.0694. The van der Waals surface area contributed by atoms with Gasteiger partial charge in [-0.25, -0.2) is 4.98 Å². The molecule has 2 aromatic rings. The van der Waals surface area contributed by atoms with Gasteiger partial charge in [0, 0.05) is 26.8 Å². The van der Waals surface area contributed by atoms with E-state index in [0.717, 1.165) is 18.8 Å². The molecule has 1 aromatic carbocycles. The molecule has 126 valence electrons. The van der Waals surface area contributed by atoms with Gasteiger partial charge in [0.25, 0.3) is 5.91 Å². The highest BCUT2D eigenvalue weighted by molar-refractivity contribution is 5.99. The van der Waals surface area contributed by atoms with Crippen LogP contribution in [0.3, 0.4) is 0 Å². The third-order valence-corrected chi connectivity index (χ3v) is 4.66. The van der Waals surface area contributed by atoms with Crippen molar-refractivity contribution in [3.63, 3.8) is 0 Å². The molecule has 0 saturated carbocycles. The highest BCUT2D eigenvalue weighted by Crippen LogP contribution is 2.36. The van der Waals surface area contributed by atoms with Crippen molar-refractivity contribution in [1.29, 1.82) is 0 Å². The van der Waals surface area contributed by atoms with Crippen LogP contribution in [0.2, 0.25) is 0 Å². The molecule has 0 saturated heterocycles. The second-order valence-corrected chi connectivity index (χ2v) is 6.91. The predicted octanol–water partition coefficient (Wildman–Crippen LogP) is 3.54. The standard InChI is InChI=1S/C20H25N3O/c1-14(2)18-16-9-6-5-8-15(16)11-13-23(18)20(24)17-10-7-12-21-19(17)22(3)4/h5-10,12,14,18H,11,13H2,1-4H3. The van der Waals surface area contributed by atoms with E-state index in [2.05, 4.69) is 43.1 Å². The summed E-state index contributed by atoms with van der Waals surface area (Å²) in [6, 6.07) is 12.3. The van der Waals surface area contributed by atoms with E-state index in [1.807, 2.05) is 36.0 Å². The molecule has 1 unspecified atom stereocenters. The molecular weight excluding hydrogens is 298 g/mol. The largest absolute Gasteiger partial charge is 0.362 e. The van der Waals surface area contributed by atoms with Gasteiger partial charge in [-0.2, -0.15) is 0 Å². The normalized spacial score (nSPS) is 16.9. The van der Waals surface area contributed by atoms with Crippen molar-refractivity contribution in [2.24, 2.45) is 5.92 Å². The summed E-state index contributed by atoms with van der Waals surface area (Å²) in [6.45, 7) is 5.12. The molecule has 1 amide bonds. The number of fused-ring (bicyclic) bond motifs is 1. The summed E-state index contributed by atoms with van der Waals surface area (Å²) in [6.07, 6.45) is 2.64. The average molecular weight is 323 g/mol. The van der Waals surface area contributed by atoms with Crippen LogP contribution in [0, 0.1) is 5.92 Å². The van der Waals surface area contributed by atoms with Crippen LogP contribution in [0.1, 0.15) is 41.4 Å². The monoisotopic (exact) mass is 323 g/mol. The van der Waals surface area contributed by atoms with Gasteiger partial charge in [0.15, 0.2) is 0 Å². The van der Waals surface area contributed by atoms with Crippen molar-refractivity contribution >= 4 is 11.7 Å². The van der Waals surface area contributed by atoms with Crippen molar-refractivity contribution in [3.05, 3.63) is 59.3 Å². The Labute approximate surface area is 144 Å². The zero-order valence-electron chi connectivity index (χ0n) is 14.9. The Kier molecular flexibility index (Phi) is 4.56. The van der Waals surface area contributed by atoms with Crippen molar-refractivity contribution in [2.45, 2.75) is 26.3 Å². The fourth-order valence-electron chi connectivity index (χ4n) is 3.62. The maximum Gasteiger partial charge on any atom is 0.258 e. The van der Waals surface area contributed by atoms with Crippen LogP contribution in [0.5, 0.6) is 0 Å². The molecule has 0 bridgehead atoms. The zero-order chi connectivity index (χ0) is 17.3. The first-order valence-electron chi connectivity index (χ1n) is 8.51. The Balaban J connectivity index is 2.02. The number of anilines is 1. The number of benzene rings is 1. The van der Waals surface area contributed by atoms with Crippen LogP contribution < -0.4 is 4.90 Å². The van der Waals surface area contributed by atoms with Crippen molar-refractivity contribution < 1.29 is 4.79 Å². The molecule has 24 heavy (non-hydrogen) atoms. The highest BCUT2D eigenvalue weighted by atomic mass is 16.2. The van der Waals surface area contributed by atoms with E-state index in [0.29, 0.717) is 11.5 Å². The Bertz CT molecular complexity index is 739. The molecule has 2 heterocycles. The molecule has 1 aliphatic heterocycles. The molecule has 0 radical (unpaired) electrons. The number of amides is 1. The van der Waals surface area contributed by atoms with E-state index in [4.69, 9.17) is 0 Å². The summed E-state index contributed by atoms with van der Waals surface area (Å²) in [4.78, 5) is 21.6. The number of rotatable bonds is 3. The topological polar surface area (TPSA) is 36.4 Å². The zero-order valence-corrected chi connectivity index (χ0v) is 14.9. The quantitative estimate of drug-likeness (QED) is 0.867. The highest BCUT2D eigenvalue weighted by Gasteiger charge is 2.34. The Hall–Kier alpha value is -2.36. The van der Waals surface area contributed by atoms with Gasteiger partial charge >= 0.3 is 0 Å². The Morgan fingerprint density at radius 1 is 1.21 bits per heavy atom. The third kappa shape index (κ3) is 2.88. The van der Waals surface area contributed by atoms with E-state index in [9.17, 15) is 4.79 Å². The number of nitrogens with zero attached hydrogens (tertiary/aromatic N) is 3. The maximum absolute atomic E-state index is 13.3. The van der Waals surface area contributed by atoms with Crippen LogP contribution in [0.15, 0.2) is 42.6 Å². The van der Waals surface area contributed by atoms with Crippen molar-refractivity contribution in [2.75, 3.05) is 25.5 Å². The van der Waals surface area contributed by atoms with E-state index in [1.54, 1.807) is 6.20 Å². The first-order valence-corrected chi connectivity index (χ1v) is 8.51. The van der Waals surface area contributed by atoms with Crippen LogP contribution in [0.4, 0.5) is 5.82 Å². The second kappa shape index (κ2) is 6.63. The smallest absolute Gasteiger partial charge is 0.258 e. The molecule has 0 spiro atoms. The van der Waals surface area contributed by atoms with Crippen LogP contribution in [-0.4, -0.2) is 36.4 Å². The lowest BCUT2D eigenvalue weighted by molar-refractivity contribution is 0.0604. The average Bonchev–Trinajstić information content (AvgIpc) is 2.59. The summed E-state index contributed by atoms with van der Waals surface area (Å²) in [5, 5.41) is 0. The molecule has 1 aromatic heterocycles. The lowest BCUT2D eigenvalue weighted by atomic mass is 9.86. The molecule has 3 rings (SSSR count). The number of carbonyl (C=O) groups excluding carboxylic acids is 1. The van der Waals surface area contributed by atoms with Gasteiger partial charge in [0.1, 0.15) is 5.82 Å². The molecule has 0 fully saturated rings. The van der Waals surface area contributed by atoms with Gasteiger partial charge in [-0.3, -0.25) is 4.79 Å². The molecule has 4 nitrogen and oxygen atoms in total. The summed E-state index contributed by atoms with van der Waals surface area (Å²) in [7, 11) is 3.84. The van der Waals surface area contributed by atoms with Crippen LogP contribution >= 0.6 is 0 Å². The molecule has 1 atom stereocenters. The minimum Gasteiger partial charge on any atom is -0.362 e. The van der Waals surface area contributed by atoms with Gasteiger partial charge in [0.2, 0.25) is 0 Å². The van der Waals surface area contributed by atoms with E-state index >= 15 is 0 Å². The molecule has 4 heteroatoms. The third-order valence-electron chi connectivity index (χ3n) is 4.66. The molecule has 1 aliphatic rings. The van der Waals surface area contributed by atoms with Gasteiger partial charge in [-0.15, -0.1) is 0 Å². The number of pyridine rings is 1. The van der Waals surface area contributed by atoms with Crippen LogP contribution in [-0.2, 0) is 6.42 Å². The summed E-state index contributed by atoms with van der Waals surface area (Å²) in [5.41, 5.74) is 3.31. The van der Waals surface area contributed by atoms with Crippen LogP contribution in [0.25, 0.3) is 0 Å². The SMILES string of the molecule is CC(C)C1c2ccccc2CCN1C(=O)c1cccnc1N(C)C. The minimum absolute atomic E-state index is 0.0694. The number of carbonyl (C=O) groups is 1. The van der Waals surface area contributed by atoms with Gasteiger partial charge in [-0.1, -0.05) is 38.1 Å². The first kappa shape index (κ1) is 16.5. The lowest BCUT2D eigenvalue weighted by Gasteiger charge is -2.40. The molecule has 0 N–H and O–H groups in total. The summed E-state index contributed by atoms with van der Waals surface area (Å²) < 4.78 is 0. The van der Waals surface area contributed by atoms with Crippen molar-refractivity contribution in [1.82, 2.24) is 9.88 Å². The maximum atomic E-state index is 13.3. The fraction of sp³-hybridized carbons (Fsp3) is 0.400. The molecular formula is C20H25N3O. The number of hydrogen-bond acceptors (Lipinski definition) is 3. The summed E-state index contributed by atoms with van der Waals surface area (Å²) >= 11 is 0. The number of aromatic nitrogens is 1. The van der Waals surface area contributed by atoms with E-state index < -0.39 is 0 Å². The van der Waals surface area contributed by atoms with E-state index in [-0.39, 0.29) is 11.9 Å². The Morgan fingerprint density at radius 3 is 2.67 bits per heavy atom. The Morgan fingerprint density at radius 2 is 1.96 bits per heavy atom. The molecule has 0 aliphatic carbocycles. The van der Waals surface area contributed by atoms with Gasteiger partial charge < -0.3 is 9.80 Å². The second-order valence-electron chi connectivity index (χ2n) is 6.91. The predicted molar refractivity (Wildman–Crippen MR) is 97.3 cm³/mol.